The van der Waals surface area contributed by atoms with Gasteiger partial charge in [-0.25, -0.2) is 0 Å². The van der Waals surface area contributed by atoms with Crippen LogP contribution in [0.5, 0.6) is 0 Å². The number of amides is 1. The molecule has 0 bridgehead atoms. The van der Waals surface area contributed by atoms with E-state index in [1.807, 2.05) is 11.4 Å². The molecule has 0 aliphatic carbocycles. The van der Waals surface area contributed by atoms with Gasteiger partial charge in [0.25, 0.3) is 0 Å². The van der Waals surface area contributed by atoms with Crippen molar-refractivity contribution in [2.75, 3.05) is 19.8 Å². The minimum Gasteiger partial charge on any atom is -0.379 e. The monoisotopic (exact) mass is 346 g/mol. The zero-order valence-corrected chi connectivity index (χ0v) is 13.4. The number of carbonyl (C=O) groups is 1. The van der Waals surface area contributed by atoms with Gasteiger partial charge in [-0.2, -0.15) is 0 Å². The standard InChI is InChI=1S/C13H19BrN2O2S/c1-2-4-15-11-8-18-7-9(11)13(17)16-6-12-10(14)3-5-19-12/h3,5,9,11,15H,2,4,6-8H2,1H3,(H,16,17). The fourth-order valence-corrected chi connectivity index (χ4v) is 3.53. The van der Waals surface area contributed by atoms with Crippen molar-refractivity contribution in [3.05, 3.63) is 20.8 Å². The second-order valence-electron chi connectivity index (χ2n) is 4.61. The van der Waals surface area contributed by atoms with Crippen LogP contribution in [-0.2, 0) is 16.1 Å². The van der Waals surface area contributed by atoms with E-state index < -0.39 is 0 Å². The number of hydrogen-bond donors (Lipinski definition) is 2. The Hall–Kier alpha value is -0.430. The molecule has 19 heavy (non-hydrogen) atoms. The number of hydrogen-bond acceptors (Lipinski definition) is 4. The molecule has 1 fully saturated rings. The zero-order valence-electron chi connectivity index (χ0n) is 10.9. The van der Waals surface area contributed by atoms with Gasteiger partial charge >= 0.3 is 0 Å². The Balaban J connectivity index is 1.83. The molecule has 1 saturated heterocycles. The second-order valence-corrected chi connectivity index (χ2v) is 6.47. The highest BCUT2D eigenvalue weighted by atomic mass is 79.9. The number of rotatable bonds is 6. The number of nitrogens with one attached hydrogen (secondary N) is 2. The maximum atomic E-state index is 12.2. The first-order valence-electron chi connectivity index (χ1n) is 6.53. The number of thiophene rings is 1. The van der Waals surface area contributed by atoms with Crippen molar-refractivity contribution in [1.29, 1.82) is 0 Å². The molecule has 106 valence electrons. The molecule has 1 amide bonds. The summed E-state index contributed by atoms with van der Waals surface area (Å²) in [6, 6.07) is 2.14. The zero-order chi connectivity index (χ0) is 13.7. The molecule has 1 aromatic heterocycles. The summed E-state index contributed by atoms with van der Waals surface area (Å²) in [5.41, 5.74) is 0. The van der Waals surface area contributed by atoms with Gasteiger partial charge in [-0.15, -0.1) is 11.3 Å². The van der Waals surface area contributed by atoms with E-state index >= 15 is 0 Å². The van der Waals surface area contributed by atoms with Gasteiger partial charge in [0.05, 0.1) is 25.7 Å². The van der Waals surface area contributed by atoms with E-state index in [0.717, 1.165) is 22.3 Å². The summed E-state index contributed by atoms with van der Waals surface area (Å²) in [5, 5.41) is 8.38. The minimum absolute atomic E-state index is 0.0754. The minimum atomic E-state index is -0.0784. The third-order valence-corrected chi connectivity index (χ3v) is 5.11. The molecule has 4 nitrogen and oxygen atoms in total. The Bertz CT molecular complexity index is 425. The highest BCUT2D eigenvalue weighted by molar-refractivity contribution is 9.10. The lowest BCUT2D eigenvalue weighted by molar-refractivity contribution is -0.125. The van der Waals surface area contributed by atoms with Gasteiger partial charge < -0.3 is 15.4 Å². The fraction of sp³-hybridized carbons (Fsp3) is 0.615. The lowest BCUT2D eigenvalue weighted by Crippen LogP contribution is -2.44. The Morgan fingerprint density at radius 1 is 1.58 bits per heavy atom. The molecule has 2 rings (SSSR count). The molecule has 2 heterocycles. The van der Waals surface area contributed by atoms with Crippen LogP contribution in [0.1, 0.15) is 18.2 Å². The SMILES string of the molecule is CCCNC1COCC1C(=O)NCc1sccc1Br. The van der Waals surface area contributed by atoms with Crippen LogP contribution in [0.25, 0.3) is 0 Å². The summed E-state index contributed by atoms with van der Waals surface area (Å²) in [6.07, 6.45) is 1.06. The van der Waals surface area contributed by atoms with Gasteiger partial charge in [-0.3, -0.25) is 4.79 Å². The van der Waals surface area contributed by atoms with Crippen molar-refractivity contribution in [2.45, 2.75) is 25.9 Å². The van der Waals surface area contributed by atoms with E-state index in [4.69, 9.17) is 4.74 Å². The second kappa shape index (κ2) is 7.38. The third kappa shape index (κ3) is 4.02. The van der Waals surface area contributed by atoms with Crippen LogP contribution in [0.2, 0.25) is 0 Å². The first-order valence-corrected chi connectivity index (χ1v) is 8.20. The predicted molar refractivity (Wildman–Crippen MR) is 80.3 cm³/mol. The Morgan fingerprint density at radius 2 is 2.42 bits per heavy atom. The third-order valence-electron chi connectivity index (χ3n) is 3.19. The first-order chi connectivity index (χ1) is 9.22. The molecule has 1 aliphatic rings. The smallest absolute Gasteiger partial charge is 0.227 e. The van der Waals surface area contributed by atoms with Crippen molar-refractivity contribution in [2.24, 2.45) is 5.92 Å². The van der Waals surface area contributed by atoms with Crippen LogP contribution < -0.4 is 10.6 Å². The van der Waals surface area contributed by atoms with E-state index in [-0.39, 0.29) is 17.9 Å². The maximum absolute atomic E-state index is 12.2. The van der Waals surface area contributed by atoms with Gasteiger partial charge in [-0.1, -0.05) is 6.92 Å². The van der Waals surface area contributed by atoms with Gasteiger partial charge in [0, 0.05) is 15.4 Å². The van der Waals surface area contributed by atoms with Crippen LogP contribution in [0.4, 0.5) is 0 Å². The average molecular weight is 347 g/mol. The van der Waals surface area contributed by atoms with Gasteiger partial charge in [0.1, 0.15) is 0 Å². The number of halogens is 1. The lowest BCUT2D eigenvalue weighted by atomic mass is 10.0. The summed E-state index contributed by atoms with van der Waals surface area (Å²) < 4.78 is 6.48. The molecule has 1 aromatic rings. The van der Waals surface area contributed by atoms with Crippen molar-refractivity contribution >= 4 is 33.2 Å². The van der Waals surface area contributed by atoms with Crippen LogP contribution in [0.15, 0.2) is 15.9 Å². The summed E-state index contributed by atoms with van der Waals surface area (Å²) in [7, 11) is 0. The van der Waals surface area contributed by atoms with E-state index in [2.05, 4.69) is 33.5 Å². The first kappa shape index (κ1) is 15.0. The summed E-state index contributed by atoms with van der Waals surface area (Å²) in [5.74, 6) is -0.00306. The maximum Gasteiger partial charge on any atom is 0.227 e. The van der Waals surface area contributed by atoms with Crippen LogP contribution in [0, 0.1) is 5.92 Å². The molecule has 1 aliphatic heterocycles. The summed E-state index contributed by atoms with van der Waals surface area (Å²) >= 11 is 5.11. The van der Waals surface area contributed by atoms with E-state index in [1.165, 1.54) is 0 Å². The topological polar surface area (TPSA) is 50.4 Å². The fourth-order valence-electron chi connectivity index (χ4n) is 2.09. The number of ether oxygens (including phenoxy) is 1. The van der Waals surface area contributed by atoms with Crippen LogP contribution in [-0.4, -0.2) is 31.7 Å². The normalized spacial score (nSPS) is 22.6. The van der Waals surface area contributed by atoms with E-state index in [9.17, 15) is 4.79 Å². The molecule has 0 aromatic carbocycles. The van der Waals surface area contributed by atoms with Crippen molar-refractivity contribution in [3.8, 4) is 0 Å². The summed E-state index contributed by atoms with van der Waals surface area (Å²) in [4.78, 5) is 13.3. The van der Waals surface area contributed by atoms with Crippen LogP contribution >= 0.6 is 27.3 Å². The lowest BCUT2D eigenvalue weighted by Gasteiger charge is -2.18. The Kier molecular flexibility index (Phi) is 5.81. The van der Waals surface area contributed by atoms with Gasteiger partial charge in [0.15, 0.2) is 0 Å². The molecule has 2 atom stereocenters. The molecule has 2 unspecified atom stereocenters. The van der Waals surface area contributed by atoms with Crippen LogP contribution in [0.3, 0.4) is 0 Å². The molecule has 6 heteroatoms. The molecule has 0 saturated carbocycles. The predicted octanol–water partition coefficient (Wildman–Crippen LogP) is 2.14. The van der Waals surface area contributed by atoms with Gasteiger partial charge in [-0.05, 0) is 40.3 Å². The Labute approximate surface area is 126 Å². The number of carbonyl (C=O) groups excluding carboxylic acids is 1. The highest BCUT2D eigenvalue weighted by Gasteiger charge is 2.33. The van der Waals surface area contributed by atoms with Crippen molar-refractivity contribution in [1.82, 2.24) is 10.6 Å². The Morgan fingerprint density at radius 3 is 3.11 bits per heavy atom. The van der Waals surface area contributed by atoms with E-state index in [1.54, 1.807) is 11.3 Å². The largest absolute Gasteiger partial charge is 0.379 e. The molecule has 2 N–H and O–H groups in total. The summed E-state index contributed by atoms with van der Waals surface area (Å²) in [6.45, 7) is 4.76. The van der Waals surface area contributed by atoms with Gasteiger partial charge in [0.2, 0.25) is 5.91 Å². The quantitative estimate of drug-likeness (QED) is 0.829. The molecular weight excluding hydrogens is 328 g/mol. The molecular formula is C13H19BrN2O2S. The van der Waals surface area contributed by atoms with E-state index in [0.29, 0.717) is 19.8 Å². The molecule has 0 radical (unpaired) electrons. The molecule has 0 spiro atoms. The average Bonchev–Trinajstić information content (AvgIpc) is 3.02. The van der Waals surface area contributed by atoms with Crippen molar-refractivity contribution < 1.29 is 9.53 Å². The highest BCUT2D eigenvalue weighted by Crippen LogP contribution is 2.22. The van der Waals surface area contributed by atoms with Crippen molar-refractivity contribution in [3.63, 3.8) is 0 Å².